The molecule has 0 aliphatic rings. The van der Waals surface area contributed by atoms with E-state index in [0.29, 0.717) is 11.8 Å². The smallest absolute Gasteiger partial charge is 0.434 e. The molecule has 1 N–H and O–H groups in total. The molecule has 6 nitrogen and oxygen atoms in total. The highest BCUT2D eigenvalue weighted by Gasteiger charge is 2.32. The van der Waals surface area contributed by atoms with E-state index in [-0.39, 0.29) is 18.7 Å². The molecule has 0 bridgehead atoms. The number of halogens is 3. The maximum Gasteiger partial charge on any atom is 0.434 e. The minimum atomic E-state index is -4.53. The monoisotopic (exact) mass is 299 g/mol. The number of rotatable bonds is 4. The molecule has 2 rings (SSSR count). The fourth-order valence-corrected chi connectivity index (χ4v) is 1.50. The quantitative estimate of drug-likeness (QED) is 0.861. The zero-order valence-electron chi connectivity index (χ0n) is 10.6. The first kappa shape index (κ1) is 14.8. The van der Waals surface area contributed by atoms with Crippen molar-refractivity contribution in [3.8, 4) is 11.3 Å². The van der Waals surface area contributed by atoms with Crippen LogP contribution in [0, 0.1) is 0 Å². The van der Waals surface area contributed by atoms with E-state index >= 15 is 0 Å². The van der Waals surface area contributed by atoms with Gasteiger partial charge in [-0.3, -0.25) is 9.78 Å². The van der Waals surface area contributed by atoms with Gasteiger partial charge in [-0.1, -0.05) is 4.68 Å². The Kier molecular flexibility index (Phi) is 4.10. The van der Waals surface area contributed by atoms with E-state index in [4.69, 9.17) is 5.11 Å². The van der Waals surface area contributed by atoms with Crippen molar-refractivity contribution >= 4 is 5.97 Å². The predicted octanol–water partition coefficient (Wildman–Crippen LogP) is 1.32. The van der Waals surface area contributed by atoms with E-state index in [1.807, 2.05) is 0 Å². The molecule has 9 heteroatoms. The lowest BCUT2D eigenvalue weighted by Gasteiger charge is -2.05. The first-order chi connectivity index (χ1) is 9.86. The zero-order valence-corrected chi connectivity index (χ0v) is 10.6. The lowest BCUT2D eigenvalue weighted by molar-refractivity contribution is -0.752. The first-order valence-electron chi connectivity index (χ1n) is 5.83. The Balaban J connectivity index is 2.13. The summed E-state index contributed by atoms with van der Waals surface area (Å²) in [5.74, 6) is -0.943. The van der Waals surface area contributed by atoms with E-state index in [1.54, 1.807) is 6.07 Å². The van der Waals surface area contributed by atoms with Crippen LogP contribution in [0.2, 0.25) is 0 Å². The van der Waals surface area contributed by atoms with Crippen LogP contribution in [0.3, 0.4) is 0 Å². The van der Waals surface area contributed by atoms with Crippen molar-refractivity contribution < 1.29 is 27.8 Å². The van der Waals surface area contributed by atoms with Crippen molar-refractivity contribution in [1.82, 2.24) is 15.1 Å². The van der Waals surface area contributed by atoms with Crippen LogP contribution < -0.4 is 4.68 Å². The highest BCUT2D eigenvalue weighted by molar-refractivity contribution is 5.66. The SMILES string of the molecule is O=C(O)CC[n+]1ccc(-c2cnc(C(F)(F)F)cn2)cn1. The van der Waals surface area contributed by atoms with Crippen molar-refractivity contribution in [2.24, 2.45) is 0 Å². The lowest BCUT2D eigenvalue weighted by atomic mass is 10.2. The summed E-state index contributed by atoms with van der Waals surface area (Å²) < 4.78 is 38.5. The number of nitrogens with zero attached hydrogens (tertiary/aromatic N) is 4. The third kappa shape index (κ3) is 3.94. The van der Waals surface area contributed by atoms with Crippen molar-refractivity contribution in [3.63, 3.8) is 0 Å². The highest BCUT2D eigenvalue weighted by Crippen LogP contribution is 2.27. The molecule has 2 aromatic rings. The molecule has 0 saturated carbocycles. The van der Waals surface area contributed by atoms with Crippen LogP contribution in [-0.2, 0) is 17.5 Å². The van der Waals surface area contributed by atoms with E-state index in [9.17, 15) is 18.0 Å². The maximum atomic E-state index is 12.4. The number of hydrogen-bond acceptors (Lipinski definition) is 4. The molecule has 0 saturated heterocycles. The normalized spacial score (nSPS) is 11.4. The van der Waals surface area contributed by atoms with E-state index in [1.165, 1.54) is 17.1 Å². The number of carboxylic acids is 1. The van der Waals surface area contributed by atoms with Crippen LogP contribution in [0.15, 0.2) is 30.9 Å². The number of carbonyl (C=O) groups is 1. The summed E-state index contributed by atoms with van der Waals surface area (Å²) in [6, 6.07) is 1.58. The minimum Gasteiger partial charge on any atom is -0.481 e. The van der Waals surface area contributed by atoms with Crippen LogP contribution in [0.25, 0.3) is 11.3 Å². The summed E-state index contributed by atoms with van der Waals surface area (Å²) in [4.78, 5) is 17.4. The van der Waals surface area contributed by atoms with Gasteiger partial charge in [-0.2, -0.15) is 13.2 Å². The second-order valence-corrected chi connectivity index (χ2v) is 4.11. The second kappa shape index (κ2) is 5.81. The van der Waals surface area contributed by atoms with E-state index in [0.717, 1.165) is 6.20 Å². The maximum absolute atomic E-state index is 12.4. The fourth-order valence-electron chi connectivity index (χ4n) is 1.50. The average molecular weight is 299 g/mol. The summed E-state index contributed by atoms with van der Waals surface area (Å²) in [5, 5.41) is 12.5. The fraction of sp³-hybridized carbons (Fsp3) is 0.250. The van der Waals surface area contributed by atoms with Gasteiger partial charge in [0, 0.05) is 11.6 Å². The van der Waals surface area contributed by atoms with Gasteiger partial charge in [0.1, 0.15) is 12.6 Å². The first-order valence-corrected chi connectivity index (χ1v) is 5.83. The molecule has 110 valence electrons. The summed E-state index contributed by atoms with van der Waals surface area (Å²) in [6.07, 6.45) is -0.0175. The molecule has 0 spiro atoms. The van der Waals surface area contributed by atoms with Gasteiger partial charge in [-0.15, -0.1) is 0 Å². The number of carboxylic acid groups (broad SMARTS) is 1. The molecular weight excluding hydrogens is 289 g/mol. The van der Waals surface area contributed by atoms with Crippen molar-refractivity contribution in [1.29, 1.82) is 0 Å². The Labute approximate surface area is 116 Å². The van der Waals surface area contributed by atoms with Gasteiger partial charge in [-0.05, 0) is 5.10 Å². The molecule has 0 unspecified atom stereocenters. The zero-order chi connectivity index (χ0) is 15.5. The van der Waals surface area contributed by atoms with Crippen molar-refractivity contribution in [2.45, 2.75) is 19.1 Å². The number of aromatic nitrogens is 4. The van der Waals surface area contributed by atoms with Gasteiger partial charge in [0.05, 0.1) is 18.1 Å². The Morgan fingerprint density at radius 2 is 2.00 bits per heavy atom. The summed E-state index contributed by atoms with van der Waals surface area (Å²) in [7, 11) is 0. The van der Waals surface area contributed by atoms with Crippen molar-refractivity contribution in [2.75, 3.05) is 0 Å². The second-order valence-electron chi connectivity index (χ2n) is 4.11. The number of aliphatic carboxylic acids is 1. The molecule has 0 amide bonds. The van der Waals surface area contributed by atoms with Gasteiger partial charge < -0.3 is 5.11 Å². The van der Waals surface area contributed by atoms with E-state index in [2.05, 4.69) is 15.1 Å². The average Bonchev–Trinajstić information content (AvgIpc) is 2.45. The molecule has 0 radical (unpaired) electrons. The predicted molar refractivity (Wildman–Crippen MR) is 62.7 cm³/mol. The molecule has 0 aliphatic carbocycles. The topological polar surface area (TPSA) is 79.9 Å². The van der Waals surface area contributed by atoms with E-state index < -0.39 is 17.8 Å². The molecular formula is C12H10F3N4O2+. The van der Waals surface area contributed by atoms with Gasteiger partial charge in [0.15, 0.2) is 18.4 Å². The highest BCUT2D eigenvalue weighted by atomic mass is 19.4. The Bertz CT molecular complexity index is 626. The number of alkyl halides is 3. The van der Waals surface area contributed by atoms with Crippen LogP contribution in [-0.4, -0.2) is 26.1 Å². The molecule has 0 atom stereocenters. The molecule has 0 aromatic carbocycles. The van der Waals surface area contributed by atoms with Crippen LogP contribution in [0.4, 0.5) is 13.2 Å². The lowest BCUT2D eigenvalue weighted by Crippen LogP contribution is -2.38. The molecule has 2 aromatic heterocycles. The molecule has 0 aliphatic heterocycles. The largest absolute Gasteiger partial charge is 0.481 e. The number of hydrogen-bond donors (Lipinski definition) is 1. The Morgan fingerprint density at radius 3 is 2.48 bits per heavy atom. The molecule has 2 heterocycles. The Hall–Kier alpha value is -2.58. The van der Waals surface area contributed by atoms with Crippen LogP contribution in [0.5, 0.6) is 0 Å². The van der Waals surface area contributed by atoms with Crippen LogP contribution in [0.1, 0.15) is 12.1 Å². The van der Waals surface area contributed by atoms with Gasteiger partial charge in [0.25, 0.3) is 0 Å². The summed E-state index contributed by atoms with van der Waals surface area (Å²) >= 11 is 0. The Morgan fingerprint density at radius 1 is 1.24 bits per heavy atom. The number of aryl methyl sites for hydroxylation is 1. The molecule has 21 heavy (non-hydrogen) atoms. The van der Waals surface area contributed by atoms with Crippen LogP contribution >= 0.6 is 0 Å². The third-order valence-electron chi connectivity index (χ3n) is 2.56. The standard InChI is InChI=1S/C12H9F3N4O2/c13-12(14,15)10-7-16-9(6-17-10)8-1-3-19(18-5-8)4-2-11(20)21/h1,3,5-7H,2,4H2/p+1. The minimum absolute atomic E-state index is 0.0723. The summed E-state index contributed by atoms with van der Waals surface area (Å²) in [6.45, 7) is 0.203. The van der Waals surface area contributed by atoms with Gasteiger partial charge in [0.2, 0.25) is 0 Å². The van der Waals surface area contributed by atoms with Crippen molar-refractivity contribution in [3.05, 3.63) is 36.5 Å². The van der Waals surface area contributed by atoms with Gasteiger partial charge in [-0.25, -0.2) is 4.98 Å². The molecule has 0 fully saturated rings. The summed E-state index contributed by atoms with van der Waals surface area (Å²) in [5.41, 5.74) is -0.324. The third-order valence-corrected chi connectivity index (χ3v) is 2.56. The van der Waals surface area contributed by atoms with Gasteiger partial charge >= 0.3 is 12.1 Å².